The number of nitrogens with zero attached hydrogens (tertiary/aromatic N) is 4. The average molecular weight is 626 g/mol. The number of fused-ring (bicyclic) bond motifs is 3. The fraction of sp³-hybridized carbons (Fsp3) is 0.588. The smallest absolute Gasteiger partial charge is 0.410 e. The number of carbonyl (C=O) groups excluding carboxylic acids is 1. The van der Waals surface area contributed by atoms with Crippen LogP contribution in [0, 0.1) is 0 Å². The molecule has 244 valence electrons. The van der Waals surface area contributed by atoms with Crippen LogP contribution in [-0.4, -0.2) is 82.6 Å². The van der Waals surface area contributed by atoms with Crippen molar-refractivity contribution in [3.63, 3.8) is 0 Å². The maximum Gasteiger partial charge on any atom is 0.410 e. The highest BCUT2D eigenvalue weighted by Gasteiger charge is 2.40. The van der Waals surface area contributed by atoms with Crippen molar-refractivity contribution in [2.75, 3.05) is 38.7 Å². The Bertz CT molecular complexity index is 1540. The van der Waals surface area contributed by atoms with E-state index in [1.165, 1.54) is 0 Å². The van der Waals surface area contributed by atoms with Gasteiger partial charge in [0.1, 0.15) is 11.4 Å². The molecule has 0 radical (unpaired) electrons. The largest absolute Gasteiger partial charge is 0.496 e. The van der Waals surface area contributed by atoms with Crippen molar-refractivity contribution in [1.82, 2.24) is 19.6 Å². The Morgan fingerprint density at radius 2 is 1.87 bits per heavy atom. The predicted molar refractivity (Wildman–Crippen MR) is 169 cm³/mol. The monoisotopic (exact) mass is 625 g/mol. The molecule has 0 bridgehead atoms. The fourth-order valence-corrected chi connectivity index (χ4v) is 6.89. The van der Waals surface area contributed by atoms with Crippen LogP contribution in [0.2, 0.25) is 0 Å². The van der Waals surface area contributed by atoms with Gasteiger partial charge in [0.25, 0.3) is 5.92 Å². The standard InChI is InChI=1S/C34H45F2N5O4/c1-21-15-26-24(12-13-28-27(26)17-37-41(28)30-9-7-8-14-44-30)31(40(21)20-34(5,35)36)25-11-10-22(16-29(25)43-6)38-23-18-39(19-23)32(42)45-33(2,3)4/h10-13,16-17,21,23,30-31,38H,7-9,14-15,18-20H2,1-6H3/t21-,30?,31+/m1/s1. The number of amides is 1. The molecule has 3 atom stereocenters. The van der Waals surface area contributed by atoms with Gasteiger partial charge in [0, 0.05) is 55.4 Å². The summed E-state index contributed by atoms with van der Waals surface area (Å²) in [6.45, 7) is 9.96. The highest BCUT2D eigenvalue weighted by Crippen LogP contribution is 2.45. The SMILES string of the molecule is COc1cc(NC2CN(C(=O)OC(C)(C)C)C2)ccc1[C@@H]1c2ccc3c(cnn3C3CCCCO3)c2C[C@@H](C)N1CC(C)(F)F. The molecule has 1 amide bonds. The number of alkyl halides is 2. The van der Waals surface area contributed by atoms with Crippen molar-refractivity contribution in [2.45, 2.75) is 96.2 Å². The molecule has 3 aliphatic heterocycles. The third-order valence-corrected chi connectivity index (χ3v) is 8.94. The van der Waals surface area contributed by atoms with E-state index in [-0.39, 0.29) is 30.9 Å². The predicted octanol–water partition coefficient (Wildman–Crippen LogP) is 6.77. The molecular weight excluding hydrogens is 580 g/mol. The number of likely N-dealkylation sites (tertiary alicyclic amines) is 1. The Balaban J connectivity index is 1.31. The lowest BCUT2D eigenvalue weighted by Crippen LogP contribution is -2.57. The number of halogens is 2. The third kappa shape index (κ3) is 6.60. The van der Waals surface area contributed by atoms with Gasteiger partial charge in [0.05, 0.1) is 37.5 Å². The summed E-state index contributed by atoms with van der Waals surface area (Å²) in [7, 11) is 1.61. The summed E-state index contributed by atoms with van der Waals surface area (Å²) in [5, 5.41) is 9.26. The third-order valence-electron chi connectivity index (χ3n) is 8.94. The van der Waals surface area contributed by atoms with E-state index < -0.39 is 17.6 Å². The van der Waals surface area contributed by atoms with Crippen LogP contribution in [-0.2, 0) is 15.9 Å². The zero-order chi connectivity index (χ0) is 32.1. The quantitative estimate of drug-likeness (QED) is 0.311. The summed E-state index contributed by atoms with van der Waals surface area (Å²) in [4.78, 5) is 15.9. The van der Waals surface area contributed by atoms with Gasteiger partial charge in [-0.1, -0.05) is 12.1 Å². The minimum absolute atomic E-state index is 0.0664. The Kier molecular flexibility index (Phi) is 8.45. The minimum atomic E-state index is -2.88. The van der Waals surface area contributed by atoms with Crippen molar-refractivity contribution in [3.05, 3.63) is 53.2 Å². The van der Waals surface area contributed by atoms with Gasteiger partial charge in [0.15, 0.2) is 6.23 Å². The van der Waals surface area contributed by atoms with Crippen LogP contribution in [0.3, 0.4) is 0 Å². The number of carbonyl (C=O) groups is 1. The lowest BCUT2D eigenvalue weighted by Gasteiger charge is -2.44. The van der Waals surface area contributed by atoms with Gasteiger partial charge in [-0.25, -0.2) is 18.3 Å². The number of ether oxygens (including phenoxy) is 3. The number of aromatic nitrogens is 2. The molecule has 0 spiro atoms. The van der Waals surface area contributed by atoms with E-state index in [4.69, 9.17) is 19.3 Å². The maximum absolute atomic E-state index is 14.7. The zero-order valence-corrected chi connectivity index (χ0v) is 27.1. The molecule has 1 N–H and O–H groups in total. The van der Waals surface area contributed by atoms with E-state index in [0.717, 1.165) is 66.1 Å². The number of hydrogen-bond acceptors (Lipinski definition) is 7. The van der Waals surface area contributed by atoms with Crippen LogP contribution >= 0.6 is 0 Å². The molecule has 4 heterocycles. The van der Waals surface area contributed by atoms with Crippen molar-refractivity contribution >= 4 is 22.7 Å². The Hall–Kier alpha value is -3.44. The van der Waals surface area contributed by atoms with E-state index in [1.54, 1.807) is 12.0 Å². The van der Waals surface area contributed by atoms with Crippen molar-refractivity contribution < 1.29 is 27.8 Å². The molecule has 0 saturated carbocycles. The van der Waals surface area contributed by atoms with Crippen LogP contribution in [0.25, 0.3) is 10.9 Å². The molecule has 1 aromatic heterocycles. The van der Waals surface area contributed by atoms with Gasteiger partial charge in [-0.3, -0.25) is 4.90 Å². The molecule has 0 aliphatic carbocycles. The van der Waals surface area contributed by atoms with Gasteiger partial charge in [-0.15, -0.1) is 0 Å². The Morgan fingerprint density at radius 1 is 1.11 bits per heavy atom. The number of nitrogens with one attached hydrogen (secondary N) is 1. The van der Waals surface area contributed by atoms with E-state index in [9.17, 15) is 13.6 Å². The van der Waals surface area contributed by atoms with Crippen LogP contribution in [0.15, 0.2) is 36.5 Å². The summed E-state index contributed by atoms with van der Waals surface area (Å²) in [6.07, 6.45) is 5.21. The first kappa shape index (κ1) is 31.5. The molecule has 1 unspecified atom stereocenters. The molecule has 2 fully saturated rings. The van der Waals surface area contributed by atoms with E-state index in [2.05, 4.69) is 17.4 Å². The topological polar surface area (TPSA) is 81.1 Å². The van der Waals surface area contributed by atoms with Crippen molar-refractivity contribution in [2.24, 2.45) is 0 Å². The average Bonchev–Trinajstić information content (AvgIpc) is 3.39. The summed E-state index contributed by atoms with van der Waals surface area (Å²) in [5.41, 5.74) is 4.24. The van der Waals surface area contributed by atoms with Crippen LogP contribution < -0.4 is 10.1 Å². The summed E-state index contributed by atoms with van der Waals surface area (Å²) < 4.78 is 48.8. The van der Waals surface area contributed by atoms with Crippen molar-refractivity contribution in [1.29, 1.82) is 0 Å². The second-order valence-electron chi connectivity index (χ2n) is 13.9. The number of benzene rings is 2. The molecule has 9 nitrogen and oxygen atoms in total. The summed E-state index contributed by atoms with van der Waals surface area (Å²) in [5.74, 6) is -2.26. The molecule has 45 heavy (non-hydrogen) atoms. The highest BCUT2D eigenvalue weighted by molar-refractivity contribution is 5.84. The maximum atomic E-state index is 14.7. The van der Waals surface area contributed by atoms with Gasteiger partial charge in [0.2, 0.25) is 0 Å². The van der Waals surface area contributed by atoms with Crippen molar-refractivity contribution in [3.8, 4) is 5.75 Å². The fourth-order valence-electron chi connectivity index (χ4n) is 6.89. The van der Waals surface area contributed by atoms with Crippen LogP contribution in [0.4, 0.5) is 19.3 Å². The zero-order valence-electron chi connectivity index (χ0n) is 27.1. The second kappa shape index (κ2) is 12.1. The first-order valence-electron chi connectivity index (χ1n) is 16.0. The van der Waals surface area contributed by atoms with Crippen LogP contribution in [0.1, 0.15) is 82.8 Å². The molecule has 11 heteroatoms. The second-order valence-corrected chi connectivity index (χ2v) is 13.9. The Morgan fingerprint density at radius 3 is 2.53 bits per heavy atom. The first-order valence-corrected chi connectivity index (χ1v) is 16.0. The van der Waals surface area contributed by atoms with Gasteiger partial charge in [-0.05, 0) is 76.6 Å². The molecule has 3 aliphatic rings. The number of rotatable bonds is 7. The van der Waals surface area contributed by atoms with Gasteiger partial charge < -0.3 is 24.4 Å². The van der Waals surface area contributed by atoms with E-state index >= 15 is 0 Å². The number of methoxy groups -OCH3 is 1. The lowest BCUT2D eigenvalue weighted by atomic mass is 9.83. The van der Waals surface area contributed by atoms with Crippen LogP contribution in [0.5, 0.6) is 5.75 Å². The van der Waals surface area contributed by atoms with E-state index in [0.29, 0.717) is 25.3 Å². The summed E-state index contributed by atoms with van der Waals surface area (Å²) >= 11 is 0. The lowest BCUT2D eigenvalue weighted by molar-refractivity contribution is -0.0371. The molecule has 2 aromatic carbocycles. The highest BCUT2D eigenvalue weighted by atomic mass is 19.3. The molecule has 6 rings (SSSR count). The first-order chi connectivity index (χ1) is 21.3. The van der Waals surface area contributed by atoms with Gasteiger partial charge >= 0.3 is 6.09 Å². The molecule has 3 aromatic rings. The number of anilines is 1. The minimum Gasteiger partial charge on any atom is -0.496 e. The molecule has 2 saturated heterocycles. The van der Waals surface area contributed by atoms with Gasteiger partial charge in [-0.2, -0.15) is 5.10 Å². The Labute approximate surface area is 263 Å². The normalized spacial score (nSPS) is 23.0. The van der Waals surface area contributed by atoms with E-state index in [1.807, 2.05) is 61.7 Å². The summed E-state index contributed by atoms with van der Waals surface area (Å²) in [6, 6.07) is 9.46. The number of hydrogen-bond donors (Lipinski definition) is 1. The molecular formula is C34H45F2N5O4.